The van der Waals surface area contributed by atoms with Crippen LogP contribution in [0.2, 0.25) is 0 Å². The van der Waals surface area contributed by atoms with E-state index in [0.717, 1.165) is 34.9 Å². The minimum atomic E-state index is -0.376. The highest BCUT2D eigenvalue weighted by atomic mass is 16.5. The van der Waals surface area contributed by atoms with E-state index in [-0.39, 0.29) is 18.1 Å². The van der Waals surface area contributed by atoms with Crippen LogP contribution in [0.1, 0.15) is 30.0 Å². The molecule has 5 heteroatoms. The van der Waals surface area contributed by atoms with Crippen LogP contribution in [0, 0.1) is 6.92 Å². The highest BCUT2D eigenvalue weighted by Gasteiger charge is 2.08. The van der Waals surface area contributed by atoms with E-state index >= 15 is 0 Å². The number of hydrogen-bond donors (Lipinski definition) is 1. The molecule has 0 fully saturated rings. The summed E-state index contributed by atoms with van der Waals surface area (Å²) < 4.78 is 10.8. The van der Waals surface area contributed by atoms with Crippen molar-refractivity contribution >= 4 is 16.9 Å². The molecule has 27 heavy (non-hydrogen) atoms. The fourth-order valence-corrected chi connectivity index (χ4v) is 2.98. The second-order valence-electron chi connectivity index (χ2n) is 6.49. The van der Waals surface area contributed by atoms with Gasteiger partial charge in [-0.2, -0.15) is 0 Å². The Hall–Kier alpha value is -3.08. The number of nitrogens with one attached hydrogen (secondary N) is 1. The van der Waals surface area contributed by atoms with E-state index in [1.54, 1.807) is 12.1 Å². The third kappa shape index (κ3) is 4.76. The van der Waals surface area contributed by atoms with Gasteiger partial charge in [-0.1, -0.05) is 37.6 Å². The second kappa shape index (κ2) is 8.54. The van der Waals surface area contributed by atoms with E-state index in [0.29, 0.717) is 17.9 Å². The zero-order valence-electron chi connectivity index (χ0n) is 15.6. The van der Waals surface area contributed by atoms with Crippen LogP contribution in [-0.4, -0.2) is 12.5 Å². The predicted molar refractivity (Wildman–Crippen MR) is 105 cm³/mol. The number of amides is 1. The Balaban J connectivity index is 1.64. The zero-order valence-corrected chi connectivity index (χ0v) is 15.6. The fourth-order valence-electron chi connectivity index (χ4n) is 2.98. The molecule has 0 atom stereocenters. The minimum absolute atomic E-state index is 0.101. The van der Waals surface area contributed by atoms with Gasteiger partial charge in [0.2, 0.25) is 0 Å². The Bertz CT molecular complexity index is 1010. The summed E-state index contributed by atoms with van der Waals surface area (Å²) >= 11 is 0. The van der Waals surface area contributed by atoms with Crippen LogP contribution < -0.4 is 15.7 Å². The lowest BCUT2D eigenvalue weighted by Gasteiger charge is -2.10. The van der Waals surface area contributed by atoms with Gasteiger partial charge in [-0.3, -0.25) is 4.79 Å². The zero-order chi connectivity index (χ0) is 19.2. The summed E-state index contributed by atoms with van der Waals surface area (Å²) in [5.41, 5.74) is 3.27. The molecule has 1 N–H and O–H groups in total. The van der Waals surface area contributed by atoms with Crippen molar-refractivity contribution in [1.29, 1.82) is 0 Å². The lowest BCUT2D eigenvalue weighted by molar-refractivity contribution is -0.123. The van der Waals surface area contributed by atoms with Crippen LogP contribution in [0.25, 0.3) is 11.0 Å². The molecule has 1 aromatic heterocycles. The van der Waals surface area contributed by atoms with Gasteiger partial charge in [0.05, 0.1) is 0 Å². The molecule has 0 saturated heterocycles. The highest BCUT2D eigenvalue weighted by molar-refractivity contribution is 5.82. The van der Waals surface area contributed by atoms with Crippen molar-refractivity contribution in [3.63, 3.8) is 0 Å². The van der Waals surface area contributed by atoms with Crippen molar-refractivity contribution in [1.82, 2.24) is 5.32 Å². The van der Waals surface area contributed by atoms with E-state index in [4.69, 9.17) is 9.15 Å². The third-order valence-corrected chi connectivity index (χ3v) is 4.43. The molecule has 0 saturated carbocycles. The first kappa shape index (κ1) is 18.7. The lowest BCUT2D eigenvalue weighted by atomic mass is 10.1. The Morgan fingerprint density at radius 2 is 1.93 bits per heavy atom. The Morgan fingerprint density at radius 3 is 2.70 bits per heavy atom. The topological polar surface area (TPSA) is 68.5 Å². The largest absolute Gasteiger partial charge is 0.484 e. The van der Waals surface area contributed by atoms with E-state index < -0.39 is 0 Å². The molecule has 3 aromatic rings. The number of ether oxygens (including phenoxy) is 1. The molecule has 5 nitrogen and oxygen atoms in total. The maximum atomic E-state index is 12.0. The maximum absolute atomic E-state index is 12.0. The molecule has 0 aliphatic heterocycles. The fraction of sp³-hybridized carbons (Fsp3) is 0.273. The van der Waals surface area contributed by atoms with Crippen molar-refractivity contribution in [2.75, 3.05) is 6.61 Å². The molecule has 0 spiro atoms. The van der Waals surface area contributed by atoms with E-state index in [1.165, 1.54) is 6.07 Å². The summed E-state index contributed by atoms with van der Waals surface area (Å²) in [6.45, 7) is 4.43. The van der Waals surface area contributed by atoms with Gasteiger partial charge in [-0.25, -0.2) is 4.79 Å². The molecule has 1 heterocycles. The number of hydrogen-bond acceptors (Lipinski definition) is 4. The van der Waals surface area contributed by atoms with Gasteiger partial charge >= 0.3 is 5.63 Å². The van der Waals surface area contributed by atoms with Crippen molar-refractivity contribution < 1.29 is 13.9 Å². The van der Waals surface area contributed by atoms with E-state index in [9.17, 15) is 9.59 Å². The molecule has 0 aliphatic rings. The van der Waals surface area contributed by atoms with Gasteiger partial charge in [0.15, 0.2) is 6.61 Å². The number of fused-ring (bicyclic) bond motifs is 1. The predicted octanol–water partition coefficient (Wildman–Crippen LogP) is 3.75. The van der Waals surface area contributed by atoms with Crippen molar-refractivity contribution in [3.8, 4) is 5.75 Å². The van der Waals surface area contributed by atoms with Gasteiger partial charge in [-0.15, -0.1) is 0 Å². The van der Waals surface area contributed by atoms with Crippen LogP contribution in [0.15, 0.2) is 57.7 Å². The van der Waals surface area contributed by atoms with Crippen LogP contribution in [0.4, 0.5) is 0 Å². The average Bonchev–Trinajstić information content (AvgIpc) is 2.65. The van der Waals surface area contributed by atoms with Gasteiger partial charge in [0.25, 0.3) is 5.91 Å². The van der Waals surface area contributed by atoms with Gasteiger partial charge in [0, 0.05) is 24.1 Å². The third-order valence-electron chi connectivity index (χ3n) is 4.43. The summed E-state index contributed by atoms with van der Waals surface area (Å²) in [5.74, 6) is 0.282. The SMILES string of the molecule is CCCc1cc(=O)oc2cc(OCC(=O)NCc3ccccc3C)ccc12. The number of carbonyl (C=O) groups excluding carboxylic acids is 1. The first-order valence-electron chi connectivity index (χ1n) is 9.07. The van der Waals surface area contributed by atoms with Crippen molar-refractivity contribution in [2.45, 2.75) is 33.2 Å². The summed E-state index contributed by atoms with van der Waals surface area (Å²) in [5, 5.41) is 3.74. The minimum Gasteiger partial charge on any atom is -0.484 e. The van der Waals surface area contributed by atoms with Crippen LogP contribution in [0.5, 0.6) is 5.75 Å². The Morgan fingerprint density at radius 1 is 1.11 bits per heavy atom. The standard InChI is InChI=1S/C22H23NO4/c1-3-6-16-11-22(25)27-20-12-18(9-10-19(16)20)26-14-21(24)23-13-17-8-5-4-7-15(17)2/h4-5,7-12H,3,6,13-14H2,1-2H3,(H,23,24). The molecular weight excluding hydrogens is 342 g/mol. The summed E-state index contributed by atoms with van der Waals surface area (Å²) in [6, 6.07) is 14.7. The van der Waals surface area contributed by atoms with Crippen molar-refractivity contribution in [2.24, 2.45) is 0 Å². The van der Waals surface area contributed by atoms with Crippen molar-refractivity contribution in [3.05, 3.63) is 75.6 Å². The average molecular weight is 365 g/mol. The highest BCUT2D eigenvalue weighted by Crippen LogP contribution is 2.23. The number of benzene rings is 2. The summed E-state index contributed by atoms with van der Waals surface area (Å²) in [7, 11) is 0. The molecule has 0 unspecified atom stereocenters. The summed E-state index contributed by atoms with van der Waals surface area (Å²) in [6.07, 6.45) is 1.75. The summed E-state index contributed by atoms with van der Waals surface area (Å²) in [4.78, 5) is 23.8. The first-order chi connectivity index (χ1) is 13.1. The lowest BCUT2D eigenvalue weighted by Crippen LogP contribution is -2.28. The maximum Gasteiger partial charge on any atom is 0.336 e. The van der Waals surface area contributed by atoms with Gasteiger partial charge in [0.1, 0.15) is 11.3 Å². The quantitative estimate of drug-likeness (QED) is 0.648. The molecule has 1 amide bonds. The number of aryl methyl sites for hydroxylation is 2. The molecule has 0 radical (unpaired) electrons. The van der Waals surface area contributed by atoms with Crippen LogP contribution in [0.3, 0.4) is 0 Å². The molecule has 3 rings (SSSR count). The van der Waals surface area contributed by atoms with E-state index in [2.05, 4.69) is 12.2 Å². The number of carbonyl (C=O) groups is 1. The second-order valence-corrected chi connectivity index (χ2v) is 6.49. The van der Waals surface area contributed by atoms with Gasteiger partial charge in [-0.05, 0) is 42.2 Å². The van der Waals surface area contributed by atoms with Crippen LogP contribution in [-0.2, 0) is 17.8 Å². The van der Waals surface area contributed by atoms with Crippen LogP contribution >= 0.6 is 0 Å². The molecule has 2 aromatic carbocycles. The number of rotatable bonds is 7. The first-order valence-corrected chi connectivity index (χ1v) is 9.07. The Kier molecular flexibility index (Phi) is 5.91. The molecule has 0 bridgehead atoms. The van der Waals surface area contributed by atoms with Gasteiger partial charge < -0.3 is 14.5 Å². The molecule has 0 aliphatic carbocycles. The normalized spacial score (nSPS) is 10.7. The smallest absolute Gasteiger partial charge is 0.336 e. The molecular formula is C22H23NO4. The Labute approximate surface area is 158 Å². The van der Waals surface area contributed by atoms with E-state index in [1.807, 2.05) is 37.3 Å². The monoisotopic (exact) mass is 365 g/mol. The molecule has 140 valence electrons.